The lowest BCUT2D eigenvalue weighted by Crippen LogP contribution is -2.32. The predicted molar refractivity (Wildman–Crippen MR) is 86.8 cm³/mol. The van der Waals surface area contributed by atoms with Crippen molar-refractivity contribution in [3.8, 4) is 0 Å². The van der Waals surface area contributed by atoms with Gasteiger partial charge in [-0.05, 0) is 49.4 Å². The van der Waals surface area contributed by atoms with E-state index in [2.05, 4.69) is 5.10 Å². The second kappa shape index (κ2) is 5.34. The third-order valence-electron chi connectivity index (χ3n) is 4.79. The molecule has 1 saturated carbocycles. The Bertz CT molecular complexity index is 915. The van der Waals surface area contributed by atoms with Crippen molar-refractivity contribution in [2.45, 2.75) is 36.8 Å². The molecule has 8 heteroatoms. The number of carbonyl (C=O) groups is 1. The Balaban J connectivity index is 1.76. The summed E-state index contributed by atoms with van der Waals surface area (Å²) in [5.41, 5.74) is 1.39. The molecule has 0 amide bonds. The van der Waals surface area contributed by atoms with Gasteiger partial charge in [0.2, 0.25) is 0 Å². The van der Waals surface area contributed by atoms with E-state index in [-0.39, 0.29) is 16.6 Å². The lowest BCUT2D eigenvalue weighted by Gasteiger charge is -2.28. The molecule has 7 nitrogen and oxygen atoms in total. The van der Waals surface area contributed by atoms with E-state index in [1.54, 1.807) is 10.7 Å². The van der Waals surface area contributed by atoms with Crippen LogP contribution >= 0.6 is 0 Å². The highest BCUT2D eigenvalue weighted by Crippen LogP contribution is 2.37. The molecule has 1 aromatic heterocycles. The molecular formula is C16H17N3O4S. The van der Waals surface area contributed by atoms with Crippen LogP contribution in [0.15, 0.2) is 35.5 Å². The quantitative estimate of drug-likeness (QED) is 0.914. The van der Waals surface area contributed by atoms with Crippen LogP contribution in [0.4, 0.5) is 5.69 Å². The van der Waals surface area contributed by atoms with Gasteiger partial charge in [-0.2, -0.15) is 13.5 Å². The van der Waals surface area contributed by atoms with Crippen molar-refractivity contribution in [2.24, 2.45) is 0 Å². The standard InChI is InChI=1S/C16H17N3O4S/c20-16(21)12-5-4-11-7-9-18(14(11)10-12)24(22,23)15-6-8-17-19(15)13-2-1-3-13/h4-6,8,10,13H,1-3,7,9H2,(H,20,21). The van der Waals surface area contributed by atoms with E-state index in [0.29, 0.717) is 18.7 Å². The first-order valence-corrected chi connectivity index (χ1v) is 9.35. The topological polar surface area (TPSA) is 92.5 Å². The zero-order valence-corrected chi connectivity index (χ0v) is 13.7. The Kier molecular flexibility index (Phi) is 3.38. The molecule has 0 atom stereocenters. The summed E-state index contributed by atoms with van der Waals surface area (Å²) in [4.78, 5) is 11.2. The number of fused-ring (bicyclic) bond motifs is 1. The van der Waals surface area contributed by atoms with Crippen molar-refractivity contribution >= 4 is 21.7 Å². The van der Waals surface area contributed by atoms with Crippen LogP contribution in [0, 0.1) is 0 Å². The Labute approximate surface area is 139 Å². The number of benzene rings is 1. The summed E-state index contributed by atoms with van der Waals surface area (Å²) in [5.74, 6) is -1.07. The molecule has 4 rings (SSSR count). The number of sulfonamides is 1. The Morgan fingerprint density at radius 3 is 2.71 bits per heavy atom. The summed E-state index contributed by atoms with van der Waals surface area (Å²) >= 11 is 0. The lowest BCUT2D eigenvalue weighted by molar-refractivity contribution is 0.0697. The van der Waals surface area contributed by atoms with Gasteiger partial charge in [-0.3, -0.25) is 4.31 Å². The van der Waals surface area contributed by atoms with Crippen LogP contribution in [0.2, 0.25) is 0 Å². The van der Waals surface area contributed by atoms with Crippen LogP contribution < -0.4 is 4.31 Å². The summed E-state index contributed by atoms with van der Waals surface area (Å²) in [6.45, 7) is 0.316. The van der Waals surface area contributed by atoms with Crippen LogP contribution in [-0.4, -0.2) is 35.8 Å². The summed E-state index contributed by atoms with van der Waals surface area (Å²) < 4.78 is 29.1. The van der Waals surface area contributed by atoms with Crippen molar-refractivity contribution < 1.29 is 18.3 Å². The normalized spacial score (nSPS) is 17.6. The molecule has 126 valence electrons. The van der Waals surface area contributed by atoms with Crippen molar-refractivity contribution in [1.29, 1.82) is 0 Å². The molecule has 24 heavy (non-hydrogen) atoms. The number of hydrogen-bond donors (Lipinski definition) is 1. The SMILES string of the molecule is O=C(O)c1ccc2c(c1)N(S(=O)(=O)c1ccnn1C1CCC1)CC2. The smallest absolute Gasteiger partial charge is 0.335 e. The zero-order chi connectivity index (χ0) is 16.9. The van der Waals surface area contributed by atoms with Gasteiger partial charge < -0.3 is 5.11 Å². The highest BCUT2D eigenvalue weighted by molar-refractivity contribution is 7.92. The molecular weight excluding hydrogens is 330 g/mol. The van der Waals surface area contributed by atoms with E-state index in [1.165, 1.54) is 28.7 Å². The van der Waals surface area contributed by atoms with Gasteiger partial charge in [-0.25, -0.2) is 9.48 Å². The number of hydrogen-bond acceptors (Lipinski definition) is 4. The molecule has 2 aliphatic rings. The monoisotopic (exact) mass is 347 g/mol. The first-order chi connectivity index (χ1) is 11.5. The van der Waals surface area contributed by atoms with E-state index in [0.717, 1.165) is 24.8 Å². The van der Waals surface area contributed by atoms with Gasteiger partial charge in [0.25, 0.3) is 10.0 Å². The molecule has 1 aromatic carbocycles. The molecule has 2 heterocycles. The second-order valence-electron chi connectivity index (χ2n) is 6.17. The number of aromatic nitrogens is 2. The van der Waals surface area contributed by atoms with Gasteiger partial charge in [-0.15, -0.1) is 0 Å². The molecule has 1 N–H and O–H groups in total. The van der Waals surface area contributed by atoms with Crippen molar-refractivity contribution in [3.05, 3.63) is 41.6 Å². The van der Waals surface area contributed by atoms with Crippen molar-refractivity contribution in [2.75, 3.05) is 10.8 Å². The van der Waals surface area contributed by atoms with Gasteiger partial charge in [0.1, 0.15) is 0 Å². The average Bonchev–Trinajstić information content (AvgIpc) is 3.11. The van der Waals surface area contributed by atoms with Crippen LogP contribution in [0.25, 0.3) is 0 Å². The van der Waals surface area contributed by atoms with Crippen LogP contribution in [0.3, 0.4) is 0 Å². The Hall–Kier alpha value is -2.35. The Morgan fingerprint density at radius 1 is 1.25 bits per heavy atom. The minimum absolute atomic E-state index is 0.0864. The average molecular weight is 347 g/mol. The largest absolute Gasteiger partial charge is 0.478 e. The summed E-state index contributed by atoms with van der Waals surface area (Å²) in [6.07, 6.45) is 5.04. The lowest BCUT2D eigenvalue weighted by atomic mass is 9.93. The highest BCUT2D eigenvalue weighted by atomic mass is 32.2. The maximum atomic E-state index is 13.1. The van der Waals surface area contributed by atoms with E-state index >= 15 is 0 Å². The van der Waals surface area contributed by atoms with Gasteiger partial charge in [0.05, 0.1) is 23.5 Å². The highest BCUT2D eigenvalue weighted by Gasteiger charge is 2.35. The van der Waals surface area contributed by atoms with E-state index in [4.69, 9.17) is 5.11 Å². The van der Waals surface area contributed by atoms with E-state index < -0.39 is 16.0 Å². The molecule has 1 fully saturated rings. The summed E-state index contributed by atoms with van der Waals surface area (Å²) in [5, 5.41) is 13.5. The third-order valence-corrected chi connectivity index (χ3v) is 6.61. The second-order valence-corrected chi connectivity index (χ2v) is 7.98. The maximum Gasteiger partial charge on any atom is 0.335 e. The first-order valence-electron chi connectivity index (χ1n) is 7.91. The molecule has 2 aromatic rings. The zero-order valence-electron chi connectivity index (χ0n) is 12.9. The molecule has 0 unspecified atom stereocenters. The molecule has 1 aliphatic carbocycles. The van der Waals surface area contributed by atoms with Crippen LogP contribution in [-0.2, 0) is 16.4 Å². The minimum atomic E-state index is -3.76. The minimum Gasteiger partial charge on any atom is -0.478 e. The number of carboxylic acid groups (broad SMARTS) is 1. The number of anilines is 1. The molecule has 1 aliphatic heterocycles. The fourth-order valence-corrected chi connectivity index (χ4v) is 4.91. The summed E-state index contributed by atoms with van der Waals surface area (Å²) in [7, 11) is -3.76. The number of nitrogens with zero attached hydrogens (tertiary/aromatic N) is 3. The van der Waals surface area contributed by atoms with Gasteiger partial charge in [0.15, 0.2) is 5.03 Å². The number of aromatic carboxylic acids is 1. The van der Waals surface area contributed by atoms with Crippen molar-refractivity contribution in [1.82, 2.24) is 9.78 Å². The molecule has 0 bridgehead atoms. The number of rotatable bonds is 4. The summed E-state index contributed by atoms with van der Waals surface area (Å²) in [6, 6.07) is 6.30. The van der Waals surface area contributed by atoms with Crippen molar-refractivity contribution in [3.63, 3.8) is 0 Å². The van der Waals surface area contributed by atoms with Crippen LogP contribution in [0.1, 0.15) is 41.2 Å². The van der Waals surface area contributed by atoms with E-state index in [9.17, 15) is 13.2 Å². The van der Waals surface area contributed by atoms with Gasteiger partial charge >= 0.3 is 5.97 Å². The van der Waals surface area contributed by atoms with E-state index in [1.807, 2.05) is 0 Å². The van der Waals surface area contributed by atoms with Gasteiger partial charge in [0, 0.05) is 6.54 Å². The fourth-order valence-electron chi connectivity index (χ4n) is 3.26. The third kappa shape index (κ3) is 2.21. The fraction of sp³-hybridized carbons (Fsp3) is 0.375. The predicted octanol–water partition coefficient (Wildman–Crippen LogP) is 2.06. The van der Waals surface area contributed by atoms with Gasteiger partial charge in [-0.1, -0.05) is 6.07 Å². The maximum absolute atomic E-state index is 13.1. The molecule has 0 saturated heterocycles. The number of carboxylic acids is 1. The Morgan fingerprint density at radius 2 is 2.04 bits per heavy atom. The first kappa shape index (κ1) is 15.2. The molecule has 0 spiro atoms. The van der Waals surface area contributed by atoms with Crippen LogP contribution in [0.5, 0.6) is 0 Å². The molecule has 0 radical (unpaired) electrons.